The van der Waals surface area contributed by atoms with Crippen molar-refractivity contribution in [1.29, 1.82) is 0 Å². The van der Waals surface area contributed by atoms with Crippen LogP contribution in [0.1, 0.15) is 30.6 Å². The van der Waals surface area contributed by atoms with E-state index < -0.39 is 11.4 Å². The molecule has 6 nitrogen and oxygen atoms in total. The van der Waals surface area contributed by atoms with Crippen molar-refractivity contribution in [3.05, 3.63) is 54.2 Å². The van der Waals surface area contributed by atoms with E-state index in [1.807, 2.05) is 56.1 Å². The number of pyridine rings is 1. The smallest absolute Gasteiger partial charge is 0.340 e. The third-order valence-corrected chi connectivity index (χ3v) is 4.59. The minimum atomic E-state index is -0.538. The van der Waals surface area contributed by atoms with Crippen LogP contribution in [-0.2, 0) is 9.53 Å². The standard InChI is InChI=1S/C20H23N3O3/c1-20(2)11-16(13-22-19(20)25)26-18(24)14-9-10-17(21-12-14)23(3)15-7-5-4-6-8-15/h4-10,12,16H,11,13H2,1-3H3,(H,22,25). The van der Waals surface area contributed by atoms with Gasteiger partial charge in [-0.05, 0) is 30.7 Å². The van der Waals surface area contributed by atoms with E-state index in [0.717, 1.165) is 11.5 Å². The van der Waals surface area contributed by atoms with E-state index in [-0.39, 0.29) is 12.0 Å². The Bertz CT molecular complexity index is 788. The van der Waals surface area contributed by atoms with Crippen molar-refractivity contribution in [1.82, 2.24) is 10.3 Å². The molecule has 1 fully saturated rings. The predicted octanol–water partition coefficient (Wildman–Crippen LogP) is 2.92. The molecule has 0 saturated carbocycles. The molecule has 1 amide bonds. The maximum Gasteiger partial charge on any atom is 0.340 e. The van der Waals surface area contributed by atoms with E-state index in [0.29, 0.717) is 18.5 Å². The number of rotatable bonds is 4. The summed E-state index contributed by atoms with van der Waals surface area (Å²) in [6.07, 6.45) is 1.69. The molecule has 1 N–H and O–H groups in total. The van der Waals surface area contributed by atoms with Crippen LogP contribution >= 0.6 is 0 Å². The normalized spacial score (nSPS) is 18.7. The number of amides is 1. The number of benzene rings is 1. The monoisotopic (exact) mass is 353 g/mol. The first kappa shape index (κ1) is 17.9. The summed E-state index contributed by atoms with van der Waals surface area (Å²) in [5, 5.41) is 2.78. The fourth-order valence-electron chi connectivity index (χ4n) is 2.97. The summed E-state index contributed by atoms with van der Waals surface area (Å²) in [5.41, 5.74) is 0.865. The first-order chi connectivity index (χ1) is 12.4. The van der Waals surface area contributed by atoms with Crippen molar-refractivity contribution >= 4 is 23.4 Å². The zero-order valence-corrected chi connectivity index (χ0v) is 15.2. The highest BCUT2D eigenvalue weighted by molar-refractivity contribution is 5.89. The van der Waals surface area contributed by atoms with E-state index in [1.165, 1.54) is 6.20 Å². The van der Waals surface area contributed by atoms with Crippen molar-refractivity contribution in [2.75, 3.05) is 18.5 Å². The molecule has 0 spiro atoms. The van der Waals surface area contributed by atoms with Crippen LogP contribution in [0, 0.1) is 5.41 Å². The minimum Gasteiger partial charge on any atom is -0.457 e. The summed E-state index contributed by atoms with van der Waals surface area (Å²) in [5.74, 6) is 0.293. The highest BCUT2D eigenvalue weighted by Gasteiger charge is 2.37. The molecule has 1 saturated heterocycles. The number of esters is 1. The molecule has 0 radical (unpaired) electrons. The maximum absolute atomic E-state index is 12.4. The lowest BCUT2D eigenvalue weighted by atomic mass is 9.83. The number of hydrogen-bond acceptors (Lipinski definition) is 5. The number of nitrogens with one attached hydrogen (secondary N) is 1. The summed E-state index contributed by atoms with van der Waals surface area (Å²) < 4.78 is 5.54. The summed E-state index contributed by atoms with van der Waals surface area (Å²) in [4.78, 5) is 30.4. The summed E-state index contributed by atoms with van der Waals surface area (Å²) >= 11 is 0. The fraction of sp³-hybridized carbons (Fsp3) is 0.350. The molecule has 1 aromatic carbocycles. The number of piperidine rings is 1. The Morgan fingerprint density at radius 3 is 2.58 bits per heavy atom. The number of anilines is 2. The molecule has 6 heteroatoms. The lowest BCUT2D eigenvalue weighted by molar-refractivity contribution is -0.134. The van der Waals surface area contributed by atoms with Crippen molar-refractivity contribution < 1.29 is 14.3 Å². The molecule has 1 aliphatic rings. The van der Waals surface area contributed by atoms with Gasteiger partial charge in [0.15, 0.2) is 0 Å². The van der Waals surface area contributed by atoms with Crippen LogP contribution in [0.5, 0.6) is 0 Å². The Morgan fingerprint density at radius 2 is 1.96 bits per heavy atom. The largest absolute Gasteiger partial charge is 0.457 e. The van der Waals surface area contributed by atoms with Gasteiger partial charge in [-0.25, -0.2) is 9.78 Å². The molecule has 26 heavy (non-hydrogen) atoms. The zero-order chi connectivity index (χ0) is 18.7. The fourth-order valence-corrected chi connectivity index (χ4v) is 2.97. The van der Waals surface area contributed by atoms with Gasteiger partial charge >= 0.3 is 5.97 Å². The van der Waals surface area contributed by atoms with Crippen molar-refractivity contribution in [3.8, 4) is 0 Å². The maximum atomic E-state index is 12.4. The van der Waals surface area contributed by atoms with Gasteiger partial charge in [0.05, 0.1) is 12.1 Å². The average molecular weight is 353 g/mol. The van der Waals surface area contributed by atoms with Crippen LogP contribution in [-0.4, -0.2) is 36.6 Å². The van der Waals surface area contributed by atoms with Crippen LogP contribution in [0.3, 0.4) is 0 Å². The van der Waals surface area contributed by atoms with Crippen LogP contribution in [0.15, 0.2) is 48.7 Å². The Morgan fingerprint density at radius 1 is 1.23 bits per heavy atom. The Balaban J connectivity index is 1.65. The van der Waals surface area contributed by atoms with E-state index in [9.17, 15) is 9.59 Å². The molecule has 1 unspecified atom stereocenters. The molecule has 1 atom stereocenters. The second-order valence-electron chi connectivity index (χ2n) is 7.12. The number of ether oxygens (including phenoxy) is 1. The van der Waals surface area contributed by atoms with Gasteiger partial charge < -0.3 is 15.0 Å². The van der Waals surface area contributed by atoms with E-state index >= 15 is 0 Å². The lowest BCUT2D eigenvalue weighted by Crippen LogP contribution is -2.50. The number of carbonyl (C=O) groups is 2. The van der Waals surface area contributed by atoms with Gasteiger partial charge in [0, 0.05) is 24.3 Å². The van der Waals surface area contributed by atoms with Crippen LogP contribution < -0.4 is 10.2 Å². The lowest BCUT2D eigenvalue weighted by Gasteiger charge is -2.34. The summed E-state index contributed by atoms with van der Waals surface area (Å²) in [6, 6.07) is 13.3. The van der Waals surface area contributed by atoms with Crippen molar-refractivity contribution in [2.45, 2.75) is 26.4 Å². The number of aromatic nitrogens is 1. The Hall–Kier alpha value is -2.89. The number of nitrogens with zero attached hydrogens (tertiary/aromatic N) is 2. The second kappa shape index (κ2) is 7.15. The van der Waals surface area contributed by atoms with Gasteiger partial charge in [-0.1, -0.05) is 32.0 Å². The van der Waals surface area contributed by atoms with Gasteiger partial charge in [0.2, 0.25) is 5.91 Å². The molecule has 1 aromatic heterocycles. The van der Waals surface area contributed by atoms with E-state index in [2.05, 4.69) is 10.3 Å². The van der Waals surface area contributed by atoms with Gasteiger partial charge in [0.25, 0.3) is 0 Å². The first-order valence-corrected chi connectivity index (χ1v) is 8.61. The number of para-hydroxylation sites is 1. The number of hydrogen-bond donors (Lipinski definition) is 1. The van der Waals surface area contributed by atoms with Crippen LogP contribution in [0.25, 0.3) is 0 Å². The van der Waals surface area contributed by atoms with Gasteiger partial charge in [-0.15, -0.1) is 0 Å². The van der Waals surface area contributed by atoms with Crippen LogP contribution in [0.4, 0.5) is 11.5 Å². The Kier molecular flexibility index (Phi) is 4.93. The SMILES string of the molecule is CN(c1ccccc1)c1ccc(C(=O)OC2CNC(=O)C(C)(C)C2)cn1. The van der Waals surface area contributed by atoms with Gasteiger partial charge in [-0.3, -0.25) is 4.79 Å². The quantitative estimate of drug-likeness (QED) is 0.856. The molecule has 136 valence electrons. The number of carbonyl (C=O) groups excluding carboxylic acids is 2. The van der Waals surface area contributed by atoms with Gasteiger partial charge in [0.1, 0.15) is 11.9 Å². The third kappa shape index (κ3) is 3.85. The topological polar surface area (TPSA) is 71.5 Å². The first-order valence-electron chi connectivity index (χ1n) is 8.61. The average Bonchev–Trinajstić information content (AvgIpc) is 2.65. The molecule has 2 aromatic rings. The third-order valence-electron chi connectivity index (χ3n) is 4.59. The highest BCUT2D eigenvalue weighted by Crippen LogP contribution is 2.28. The van der Waals surface area contributed by atoms with Gasteiger partial charge in [-0.2, -0.15) is 0 Å². The zero-order valence-electron chi connectivity index (χ0n) is 15.2. The molecule has 0 bridgehead atoms. The van der Waals surface area contributed by atoms with Crippen molar-refractivity contribution in [2.24, 2.45) is 5.41 Å². The molecule has 3 rings (SSSR count). The second-order valence-corrected chi connectivity index (χ2v) is 7.12. The molecular formula is C20H23N3O3. The van der Waals surface area contributed by atoms with E-state index in [4.69, 9.17) is 4.74 Å². The van der Waals surface area contributed by atoms with Crippen molar-refractivity contribution in [3.63, 3.8) is 0 Å². The molecule has 0 aliphatic carbocycles. The predicted molar refractivity (Wildman–Crippen MR) is 99.4 cm³/mol. The molecule has 1 aliphatic heterocycles. The van der Waals surface area contributed by atoms with Crippen LogP contribution in [0.2, 0.25) is 0 Å². The molecule has 2 heterocycles. The summed E-state index contributed by atoms with van der Waals surface area (Å²) in [6.45, 7) is 4.03. The molecular weight excluding hydrogens is 330 g/mol. The summed E-state index contributed by atoms with van der Waals surface area (Å²) in [7, 11) is 1.92. The minimum absolute atomic E-state index is 0.0141. The van der Waals surface area contributed by atoms with E-state index in [1.54, 1.807) is 12.1 Å². The highest BCUT2D eigenvalue weighted by atomic mass is 16.5. The Labute approximate surface area is 153 Å².